The quantitative estimate of drug-likeness (QED) is 0.877. The van der Waals surface area contributed by atoms with Gasteiger partial charge >= 0.3 is 6.03 Å². The molecule has 1 saturated carbocycles. The first-order valence-corrected chi connectivity index (χ1v) is 9.06. The maximum absolute atomic E-state index is 12.5. The van der Waals surface area contributed by atoms with Crippen LogP contribution in [0.15, 0.2) is 18.2 Å². The minimum atomic E-state index is -0.204. The number of amides is 2. The van der Waals surface area contributed by atoms with E-state index in [4.69, 9.17) is 9.47 Å². The number of nitrogens with one attached hydrogen (secondary N) is 1. The summed E-state index contributed by atoms with van der Waals surface area (Å²) in [6.45, 7) is 1.43. The van der Waals surface area contributed by atoms with Gasteiger partial charge in [-0.2, -0.15) is 0 Å². The van der Waals surface area contributed by atoms with Crippen molar-refractivity contribution < 1.29 is 19.4 Å². The van der Waals surface area contributed by atoms with E-state index in [0.29, 0.717) is 6.54 Å². The van der Waals surface area contributed by atoms with Gasteiger partial charge in [0.25, 0.3) is 0 Å². The fourth-order valence-corrected chi connectivity index (χ4v) is 3.92. The molecule has 1 saturated heterocycles. The van der Waals surface area contributed by atoms with E-state index in [1.165, 1.54) is 0 Å². The van der Waals surface area contributed by atoms with Gasteiger partial charge in [-0.15, -0.1) is 0 Å². The number of rotatable bonds is 4. The highest BCUT2D eigenvalue weighted by atomic mass is 16.5. The zero-order valence-electron chi connectivity index (χ0n) is 15.0. The van der Waals surface area contributed by atoms with Gasteiger partial charge in [-0.1, -0.05) is 12.1 Å². The Kier molecular flexibility index (Phi) is 5.68. The monoisotopic (exact) mass is 348 g/mol. The van der Waals surface area contributed by atoms with Gasteiger partial charge < -0.3 is 24.8 Å². The predicted octanol–water partition coefficient (Wildman–Crippen LogP) is 2.51. The highest BCUT2D eigenvalue weighted by molar-refractivity contribution is 5.75. The van der Waals surface area contributed by atoms with Crippen LogP contribution in [0.2, 0.25) is 0 Å². The maximum atomic E-state index is 12.5. The number of para-hydroxylation sites is 1. The summed E-state index contributed by atoms with van der Waals surface area (Å²) < 4.78 is 10.9. The molecule has 0 bridgehead atoms. The number of hydrogen-bond acceptors (Lipinski definition) is 4. The van der Waals surface area contributed by atoms with Crippen molar-refractivity contribution in [1.82, 2.24) is 10.2 Å². The number of methoxy groups -OCH3 is 2. The summed E-state index contributed by atoms with van der Waals surface area (Å²) >= 11 is 0. The molecule has 2 N–H and O–H groups in total. The molecule has 2 aliphatic rings. The number of urea groups is 1. The van der Waals surface area contributed by atoms with E-state index in [-0.39, 0.29) is 24.1 Å². The lowest BCUT2D eigenvalue weighted by Gasteiger charge is -2.28. The molecule has 25 heavy (non-hydrogen) atoms. The summed E-state index contributed by atoms with van der Waals surface area (Å²) in [4.78, 5) is 14.4. The first-order valence-electron chi connectivity index (χ1n) is 9.06. The van der Waals surface area contributed by atoms with E-state index in [9.17, 15) is 9.90 Å². The van der Waals surface area contributed by atoms with Crippen LogP contribution < -0.4 is 14.8 Å². The minimum Gasteiger partial charge on any atom is -0.493 e. The van der Waals surface area contributed by atoms with Gasteiger partial charge in [0.2, 0.25) is 0 Å². The largest absolute Gasteiger partial charge is 0.493 e. The molecule has 2 fully saturated rings. The molecule has 1 aliphatic heterocycles. The minimum absolute atomic E-state index is 0.00533. The third-order valence-corrected chi connectivity index (χ3v) is 5.37. The molecule has 0 radical (unpaired) electrons. The highest BCUT2D eigenvalue weighted by Crippen LogP contribution is 2.39. The Morgan fingerprint density at radius 3 is 2.60 bits per heavy atom. The second kappa shape index (κ2) is 7.95. The lowest BCUT2D eigenvalue weighted by molar-refractivity contribution is 0.115. The maximum Gasteiger partial charge on any atom is 0.317 e. The van der Waals surface area contributed by atoms with Crippen molar-refractivity contribution in [2.45, 2.75) is 50.2 Å². The molecule has 6 nitrogen and oxygen atoms in total. The molecule has 0 spiro atoms. The number of hydrogen-bond donors (Lipinski definition) is 2. The van der Waals surface area contributed by atoms with Gasteiger partial charge in [0.1, 0.15) is 0 Å². The Bertz CT molecular complexity index is 599. The number of ether oxygens (including phenoxy) is 2. The molecule has 1 heterocycles. The number of carbonyl (C=O) groups excluding carboxylic acids is 1. The van der Waals surface area contributed by atoms with E-state index in [2.05, 4.69) is 11.4 Å². The van der Waals surface area contributed by atoms with Gasteiger partial charge in [-0.3, -0.25) is 0 Å². The number of benzene rings is 1. The molecule has 138 valence electrons. The molecule has 1 aromatic rings. The van der Waals surface area contributed by atoms with Gasteiger partial charge in [-0.25, -0.2) is 4.79 Å². The molecular formula is C19H28N2O4. The number of aliphatic hydroxyl groups is 1. The van der Waals surface area contributed by atoms with Gasteiger partial charge in [0.05, 0.1) is 20.3 Å². The number of nitrogens with zero attached hydrogens (tertiary/aromatic N) is 1. The van der Waals surface area contributed by atoms with Gasteiger partial charge in [-0.05, 0) is 38.2 Å². The lowest BCUT2D eigenvalue weighted by atomic mass is 9.93. The molecule has 1 aromatic carbocycles. The molecule has 1 aliphatic carbocycles. The van der Waals surface area contributed by atoms with Crippen LogP contribution in [-0.4, -0.2) is 55.5 Å². The van der Waals surface area contributed by atoms with Crippen LogP contribution in [0, 0.1) is 0 Å². The highest BCUT2D eigenvalue weighted by Gasteiger charge is 2.31. The van der Waals surface area contributed by atoms with Crippen LogP contribution in [0.3, 0.4) is 0 Å². The Labute approximate surface area is 149 Å². The first-order chi connectivity index (χ1) is 12.1. The average molecular weight is 348 g/mol. The fourth-order valence-electron chi connectivity index (χ4n) is 3.92. The predicted molar refractivity (Wildman–Crippen MR) is 95.3 cm³/mol. The summed E-state index contributed by atoms with van der Waals surface area (Å²) in [5, 5.41) is 12.7. The second-order valence-corrected chi connectivity index (χ2v) is 6.97. The smallest absolute Gasteiger partial charge is 0.317 e. The van der Waals surface area contributed by atoms with Crippen LogP contribution in [0.1, 0.15) is 43.6 Å². The van der Waals surface area contributed by atoms with E-state index < -0.39 is 0 Å². The third kappa shape index (κ3) is 4.00. The van der Waals surface area contributed by atoms with Gasteiger partial charge in [0.15, 0.2) is 11.5 Å². The number of likely N-dealkylation sites (tertiary alicyclic amines) is 1. The lowest BCUT2D eigenvalue weighted by Crippen LogP contribution is -2.45. The van der Waals surface area contributed by atoms with Crippen molar-refractivity contribution in [3.63, 3.8) is 0 Å². The fraction of sp³-hybridized carbons (Fsp3) is 0.632. The normalized spacial score (nSPS) is 26.4. The molecule has 6 heteroatoms. The average Bonchev–Trinajstić information content (AvgIpc) is 3.13. The Morgan fingerprint density at radius 2 is 1.92 bits per heavy atom. The Balaban J connectivity index is 1.61. The molecule has 1 unspecified atom stereocenters. The van der Waals surface area contributed by atoms with Crippen molar-refractivity contribution in [3.8, 4) is 11.5 Å². The van der Waals surface area contributed by atoms with Crippen molar-refractivity contribution in [2.75, 3.05) is 27.3 Å². The molecule has 3 rings (SSSR count). The van der Waals surface area contributed by atoms with Crippen molar-refractivity contribution in [1.29, 1.82) is 0 Å². The number of aliphatic hydroxyl groups excluding tert-OH is 1. The zero-order chi connectivity index (χ0) is 17.8. The van der Waals surface area contributed by atoms with E-state index >= 15 is 0 Å². The van der Waals surface area contributed by atoms with Crippen molar-refractivity contribution in [2.24, 2.45) is 0 Å². The summed E-state index contributed by atoms with van der Waals surface area (Å²) in [6.07, 6.45) is 3.97. The van der Waals surface area contributed by atoms with E-state index in [1.54, 1.807) is 14.2 Å². The van der Waals surface area contributed by atoms with E-state index in [0.717, 1.165) is 55.7 Å². The summed E-state index contributed by atoms with van der Waals surface area (Å²) in [6, 6.07) is 6.09. The van der Waals surface area contributed by atoms with Crippen LogP contribution >= 0.6 is 0 Å². The molecule has 2 amide bonds. The van der Waals surface area contributed by atoms with Crippen LogP contribution in [0.4, 0.5) is 4.79 Å². The Hall–Kier alpha value is -1.95. The van der Waals surface area contributed by atoms with Crippen LogP contribution in [0.5, 0.6) is 11.5 Å². The Morgan fingerprint density at radius 1 is 1.16 bits per heavy atom. The third-order valence-electron chi connectivity index (χ3n) is 5.37. The van der Waals surface area contributed by atoms with Crippen molar-refractivity contribution in [3.05, 3.63) is 23.8 Å². The second-order valence-electron chi connectivity index (χ2n) is 6.97. The topological polar surface area (TPSA) is 71.0 Å². The standard InChI is InChI=1S/C19H28N2O4/c1-24-17-5-3-4-16(18(17)25-2)13-10-11-21(12-13)19(23)20-14-6-8-15(22)9-7-14/h3-5,13-15,22H,6-12H2,1-2H3,(H,20,23). The number of carbonyl (C=O) groups is 1. The van der Waals surface area contributed by atoms with Crippen molar-refractivity contribution >= 4 is 6.03 Å². The van der Waals surface area contributed by atoms with E-state index in [1.807, 2.05) is 17.0 Å². The summed E-state index contributed by atoms with van der Waals surface area (Å²) in [5.41, 5.74) is 1.10. The van der Waals surface area contributed by atoms with Crippen LogP contribution in [-0.2, 0) is 0 Å². The first kappa shape index (κ1) is 17.9. The summed E-state index contributed by atoms with van der Waals surface area (Å²) in [5.74, 6) is 1.74. The van der Waals surface area contributed by atoms with Gasteiger partial charge in [0, 0.05) is 30.6 Å². The summed E-state index contributed by atoms with van der Waals surface area (Å²) in [7, 11) is 3.29. The molecule has 0 aromatic heterocycles. The SMILES string of the molecule is COc1cccc(C2CCN(C(=O)NC3CCC(O)CC3)C2)c1OC. The van der Waals surface area contributed by atoms with Crippen LogP contribution in [0.25, 0.3) is 0 Å². The zero-order valence-corrected chi connectivity index (χ0v) is 15.0. The molecular weight excluding hydrogens is 320 g/mol. The molecule has 1 atom stereocenters.